The number of rotatable bonds is 6. The first kappa shape index (κ1) is 18.6. The van der Waals surface area contributed by atoms with Crippen LogP contribution in [-0.4, -0.2) is 33.5 Å². The summed E-state index contributed by atoms with van der Waals surface area (Å²) < 4.78 is 15.8. The smallest absolute Gasteiger partial charge is 0.272 e. The Morgan fingerprint density at radius 2 is 1.72 bits per heavy atom. The van der Waals surface area contributed by atoms with E-state index in [2.05, 4.69) is 10.5 Å². The van der Waals surface area contributed by atoms with Crippen LogP contribution in [0.5, 0.6) is 17.2 Å². The summed E-state index contributed by atoms with van der Waals surface area (Å²) in [6.45, 7) is 1.90. The molecule has 0 bridgehead atoms. The number of carbonyl (C=O) groups is 1. The highest BCUT2D eigenvalue weighted by molar-refractivity contribution is 6.33. The molecule has 2 aromatic rings. The molecule has 25 heavy (non-hydrogen) atoms. The molecular weight excluding hydrogens is 344 g/mol. The van der Waals surface area contributed by atoms with E-state index in [0.717, 1.165) is 5.56 Å². The van der Waals surface area contributed by atoms with Crippen molar-refractivity contribution in [2.75, 3.05) is 21.3 Å². The lowest BCUT2D eigenvalue weighted by atomic mass is 10.1. The zero-order valence-corrected chi connectivity index (χ0v) is 15.2. The number of ether oxygens (including phenoxy) is 3. The minimum Gasteiger partial charge on any atom is -0.493 e. The molecule has 1 amide bonds. The van der Waals surface area contributed by atoms with E-state index in [4.69, 9.17) is 25.8 Å². The van der Waals surface area contributed by atoms with Crippen molar-refractivity contribution >= 4 is 23.7 Å². The van der Waals surface area contributed by atoms with E-state index in [1.807, 2.05) is 13.0 Å². The van der Waals surface area contributed by atoms with Crippen molar-refractivity contribution in [1.29, 1.82) is 0 Å². The Labute approximate surface area is 151 Å². The van der Waals surface area contributed by atoms with Crippen molar-refractivity contribution in [2.24, 2.45) is 5.10 Å². The van der Waals surface area contributed by atoms with E-state index < -0.39 is 5.91 Å². The largest absolute Gasteiger partial charge is 0.493 e. The van der Waals surface area contributed by atoms with E-state index in [1.54, 1.807) is 24.3 Å². The summed E-state index contributed by atoms with van der Waals surface area (Å²) >= 11 is 6.07. The molecule has 0 aliphatic rings. The number of nitrogens with one attached hydrogen (secondary N) is 1. The number of methoxy groups -OCH3 is 3. The van der Waals surface area contributed by atoms with Gasteiger partial charge in [0, 0.05) is 5.56 Å². The molecule has 0 aromatic heterocycles. The molecule has 0 unspecified atom stereocenters. The van der Waals surface area contributed by atoms with Crippen LogP contribution < -0.4 is 19.6 Å². The quantitative estimate of drug-likeness (QED) is 0.631. The fourth-order valence-corrected chi connectivity index (χ4v) is 2.53. The summed E-state index contributed by atoms with van der Waals surface area (Å²) in [6.07, 6.45) is 1.48. The highest BCUT2D eigenvalue weighted by atomic mass is 35.5. The molecule has 0 atom stereocenters. The van der Waals surface area contributed by atoms with Gasteiger partial charge in [-0.05, 0) is 36.8 Å². The van der Waals surface area contributed by atoms with Crippen molar-refractivity contribution in [3.8, 4) is 17.2 Å². The third-order valence-corrected chi connectivity index (χ3v) is 3.75. The van der Waals surface area contributed by atoms with Crippen LogP contribution in [0.3, 0.4) is 0 Å². The summed E-state index contributed by atoms with van der Waals surface area (Å²) in [5.41, 5.74) is 4.45. The zero-order chi connectivity index (χ0) is 18.4. The topological polar surface area (TPSA) is 69.2 Å². The molecule has 2 rings (SSSR count). The Morgan fingerprint density at radius 1 is 1.08 bits per heavy atom. The second-order valence-corrected chi connectivity index (χ2v) is 5.55. The molecule has 7 heteroatoms. The van der Waals surface area contributed by atoms with Crippen molar-refractivity contribution in [2.45, 2.75) is 6.92 Å². The maximum absolute atomic E-state index is 12.1. The number of carbonyl (C=O) groups excluding carboxylic acids is 1. The molecule has 132 valence electrons. The standard InChI is InChI=1S/C18H19ClN2O4/c1-11-5-6-13(14(19)7-11)18(22)21-20-10-12-8-15(23-2)17(25-4)16(9-12)24-3/h5-10H,1-4H3,(H,21,22). The molecule has 0 saturated carbocycles. The van der Waals surface area contributed by atoms with Crippen LogP contribution in [0.1, 0.15) is 21.5 Å². The number of hydrogen-bond donors (Lipinski definition) is 1. The number of benzene rings is 2. The lowest BCUT2D eigenvalue weighted by Crippen LogP contribution is -2.18. The van der Waals surface area contributed by atoms with Crippen molar-refractivity contribution in [3.63, 3.8) is 0 Å². The second-order valence-electron chi connectivity index (χ2n) is 5.14. The SMILES string of the molecule is COc1cc(C=NNC(=O)c2ccc(C)cc2Cl)cc(OC)c1OC. The molecule has 0 saturated heterocycles. The van der Waals surface area contributed by atoms with Crippen LogP contribution in [0.25, 0.3) is 0 Å². The van der Waals surface area contributed by atoms with Gasteiger partial charge in [-0.1, -0.05) is 17.7 Å². The van der Waals surface area contributed by atoms with Gasteiger partial charge in [-0.25, -0.2) is 5.43 Å². The van der Waals surface area contributed by atoms with E-state index in [1.165, 1.54) is 27.5 Å². The van der Waals surface area contributed by atoms with E-state index in [0.29, 0.717) is 33.4 Å². The predicted molar refractivity (Wildman–Crippen MR) is 97.3 cm³/mol. The lowest BCUT2D eigenvalue weighted by Gasteiger charge is -2.12. The van der Waals surface area contributed by atoms with Crippen LogP contribution in [0, 0.1) is 6.92 Å². The fourth-order valence-electron chi connectivity index (χ4n) is 2.21. The van der Waals surface area contributed by atoms with Gasteiger partial charge in [-0.2, -0.15) is 5.10 Å². The van der Waals surface area contributed by atoms with E-state index in [9.17, 15) is 4.79 Å². The number of aryl methyl sites for hydroxylation is 1. The first-order chi connectivity index (χ1) is 12.0. The van der Waals surface area contributed by atoms with Gasteiger partial charge >= 0.3 is 0 Å². The lowest BCUT2D eigenvalue weighted by molar-refractivity contribution is 0.0955. The third-order valence-electron chi connectivity index (χ3n) is 3.44. The van der Waals surface area contributed by atoms with Gasteiger partial charge in [0.25, 0.3) is 5.91 Å². The maximum atomic E-state index is 12.1. The summed E-state index contributed by atoms with van der Waals surface area (Å²) in [5, 5.41) is 4.33. The molecule has 1 N–H and O–H groups in total. The van der Waals surface area contributed by atoms with Crippen LogP contribution in [-0.2, 0) is 0 Å². The minimum absolute atomic E-state index is 0.356. The van der Waals surface area contributed by atoms with Crippen LogP contribution >= 0.6 is 11.6 Å². The van der Waals surface area contributed by atoms with Gasteiger partial charge in [-0.15, -0.1) is 0 Å². The van der Waals surface area contributed by atoms with Crippen LogP contribution in [0.4, 0.5) is 0 Å². The summed E-state index contributed by atoms with van der Waals surface area (Å²) in [6, 6.07) is 8.62. The average Bonchev–Trinajstić information content (AvgIpc) is 2.60. The molecular formula is C18H19ClN2O4. The van der Waals surface area contributed by atoms with E-state index >= 15 is 0 Å². The second kappa shape index (κ2) is 8.39. The third kappa shape index (κ3) is 4.42. The number of halogens is 1. The zero-order valence-electron chi connectivity index (χ0n) is 14.4. The number of amides is 1. The van der Waals surface area contributed by atoms with Gasteiger partial charge in [0.05, 0.1) is 38.1 Å². The normalized spacial score (nSPS) is 10.6. The highest BCUT2D eigenvalue weighted by Gasteiger charge is 2.13. The van der Waals surface area contributed by atoms with Gasteiger partial charge in [0.1, 0.15) is 0 Å². The Balaban J connectivity index is 2.17. The molecule has 0 radical (unpaired) electrons. The molecule has 6 nitrogen and oxygen atoms in total. The van der Waals surface area contributed by atoms with Gasteiger partial charge in [-0.3, -0.25) is 4.79 Å². The van der Waals surface area contributed by atoms with Gasteiger partial charge < -0.3 is 14.2 Å². The van der Waals surface area contributed by atoms with Crippen molar-refractivity contribution in [1.82, 2.24) is 5.43 Å². The minimum atomic E-state index is -0.395. The van der Waals surface area contributed by atoms with Crippen LogP contribution in [0.2, 0.25) is 5.02 Å². The van der Waals surface area contributed by atoms with Gasteiger partial charge in [0.2, 0.25) is 5.75 Å². The highest BCUT2D eigenvalue weighted by Crippen LogP contribution is 2.37. The number of hydrogen-bond acceptors (Lipinski definition) is 5. The Hall–Kier alpha value is -2.73. The Morgan fingerprint density at radius 3 is 2.24 bits per heavy atom. The maximum Gasteiger partial charge on any atom is 0.272 e. The molecule has 0 fully saturated rings. The molecule has 2 aromatic carbocycles. The fraction of sp³-hybridized carbons (Fsp3) is 0.222. The molecule has 0 aliphatic heterocycles. The average molecular weight is 363 g/mol. The van der Waals surface area contributed by atoms with Crippen molar-refractivity contribution < 1.29 is 19.0 Å². The van der Waals surface area contributed by atoms with Crippen molar-refractivity contribution in [3.05, 3.63) is 52.0 Å². The summed E-state index contributed by atoms with van der Waals surface area (Å²) in [7, 11) is 4.58. The molecule has 0 spiro atoms. The Kier molecular flexibility index (Phi) is 6.25. The summed E-state index contributed by atoms with van der Waals surface area (Å²) in [5.74, 6) is 1.08. The Bertz CT molecular complexity index is 781. The summed E-state index contributed by atoms with van der Waals surface area (Å²) in [4.78, 5) is 12.1. The molecule has 0 heterocycles. The number of hydrazone groups is 1. The monoisotopic (exact) mass is 362 g/mol. The van der Waals surface area contributed by atoms with Crippen LogP contribution in [0.15, 0.2) is 35.4 Å². The first-order valence-corrected chi connectivity index (χ1v) is 7.77. The first-order valence-electron chi connectivity index (χ1n) is 7.39. The predicted octanol–water partition coefficient (Wildman–Crippen LogP) is 3.44. The number of nitrogens with zero attached hydrogens (tertiary/aromatic N) is 1. The van der Waals surface area contributed by atoms with E-state index in [-0.39, 0.29) is 0 Å². The van der Waals surface area contributed by atoms with Gasteiger partial charge in [0.15, 0.2) is 11.5 Å². The molecule has 0 aliphatic carbocycles.